The van der Waals surface area contributed by atoms with Crippen molar-refractivity contribution in [1.82, 2.24) is 9.97 Å². The summed E-state index contributed by atoms with van der Waals surface area (Å²) < 4.78 is 6.63. The Bertz CT molecular complexity index is 1440. The van der Waals surface area contributed by atoms with E-state index in [1.807, 2.05) is 61.5 Å². The Balaban J connectivity index is 1.23. The number of nitrogens with zero attached hydrogens (tertiary/aromatic N) is 2. The maximum Gasteiger partial charge on any atom is 0.275 e. The highest BCUT2D eigenvalue weighted by molar-refractivity contribution is 7.21. The molecule has 0 radical (unpaired) electrons. The Morgan fingerprint density at radius 2 is 1.74 bits per heavy atom. The van der Waals surface area contributed by atoms with Crippen molar-refractivity contribution in [3.63, 3.8) is 0 Å². The molecule has 34 heavy (non-hydrogen) atoms. The lowest BCUT2D eigenvalue weighted by atomic mass is 10.2. The summed E-state index contributed by atoms with van der Waals surface area (Å²) in [4.78, 5) is 21.8. The Hall–Kier alpha value is -3.75. The molecular weight excluding hydrogens is 464 g/mol. The number of aromatic nitrogens is 2. The minimum absolute atomic E-state index is 0.251. The Morgan fingerprint density at radius 3 is 2.50 bits per heavy atom. The van der Waals surface area contributed by atoms with Gasteiger partial charge >= 0.3 is 0 Å². The highest BCUT2D eigenvalue weighted by Crippen LogP contribution is 2.31. The second kappa shape index (κ2) is 9.62. The largest absolute Gasteiger partial charge is 0.494 e. The van der Waals surface area contributed by atoms with Crippen LogP contribution in [-0.4, -0.2) is 22.5 Å². The number of anilines is 3. The van der Waals surface area contributed by atoms with Crippen molar-refractivity contribution >= 4 is 55.3 Å². The summed E-state index contributed by atoms with van der Waals surface area (Å²) in [5.74, 6) is 0.565. The van der Waals surface area contributed by atoms with Crippen molar-refractivity contribution in [2.24, 2.45) is 0 Å². The van der Waals surface area contributed by atoms with Crippen LogP contribution in [-0.2, 0) is 0 Å². The maximum atomic E-state index is 12.7. The third-order valence-electron chi connectivity index (χ3n) is 5.09. The molecule has 0 aliphatic heterocycles. The van der Waals surface area contributed by atoms with Gasteiger partial charge in [-0.1, -0.05) is 6.07 Å². The average Bonchev–Trinajstić information content (AvgIpc) is 3.48. The summed E-state index contributed by atoms with van der Waals surface area (Å²) >= 11 is 3.05. The lowest BCUT2D eigenvalue weighted by Crippen LogP contribution is -2.12. The molecule has 3 aromatic carbocycles. The van der Waals surface area contributed by atoms with Crippen molar-refractivity contribution in [1.29, 1.82) is 0 Å². The van der Waals surface area contributed by atoms with E-state index in [9.17, 15) is 4.79 Å². The zero-order valence-electron chi connectivity index (χ0n) is 18.7. The van der Waals surface area contributed by atoms with E-state index in [2.05, 4.69) is 34.7 Å². The van der Waals surface area contributed by atoms with Gasteiger partial charge in [0.1, 0.15) is 16.5 Å². The molecule has 0 aliphatic carbocycles. The first kappa shape index (κ1) is 22.1. The van der Waals surface area contributed by atoms with Crippen molar-refractivity contribution in [3.05, 3.63) is 83.4 Å². The monoisotopic (exact) mass is 486 g/mol. The molecule has 6 nitrogen and oxygen atoms in total. The Labute approximate surface area is 205 Å². The van der Waals surface area contributed by atoms with E-state index in [0.29, 0.717) is 23.1 Å². The molecule has 0 bridgehead atoms. The normalized spacial score (nSPS) is 10.9. The fourth-order valence-electron chi connectivity index (χ4n) is 3.41. The van der Waals surface area contributed by atoms with E-state index < -0.39 is 0 Å². The molecule has 2 heterocycles. The maximum absolute atomic E-state index is 12.7. The molecule has 0 saturated heterocycles. The van der Waals surface area contributed by atoms with E-state index in [1.54, 1.807) is 16.7 Å². The number of thiazole rings is 2. The van der Waals surface area contributed by atoms with Gasteiger partial charge in [0.15, 0.2) is 5.13 Å². The zero-order valence-corrected chi connectivity index (χ0v) is 20.3. The van der Waals surface area contributed by atoms with Gasteiger partial charge < -0.3 is 15.4 Å². The number of benzene rings is 3. The Morgan fingerprint density at radius 1 is 0.971 bits per heavy atom. The van der Waals surface area contributed by atoms with Gasteiger partial charge in [0.2, 0.25) is 0 Å². The minimum Gasteiger partial charge on any atom is -0.494 e. The fraction of sp³-hybridized carbons (Fsp3) is 0.115. The minimum atomic E-state index is -0.251. The van der Waals surface area contributed by atoms with Crippen LogP contribution in [0.15, 0.2) is 72.1 Å². The SMILES string of the molecule is CCOc1ccc(Nc2nc(C(=O)Nc3ccc(-c4nc5ccc(C)cc5s4)cc3)cs2)cc1. The molecule has 0 atom stereocenters. The van der Waals surface area contributed by atoms with Crippen LogP contribution in [0.3, 0.4) is 0 Å². The number of carbonyl (C=O) groups excluding carboxylic acids is 1. The molecule has 0 fully saturated rings. The van der Waals surface area contributed by atoms with Crippen molar-refractivity contribution in [3.8, 4) is 16.3 Å². The van der Waals surface area contributed by atoms with Crippen molar-refractivity contribution < 1.29 is 9.53 Å². The first-order valence-electron chi connectivity index (χ1n) is 10.8. The summed E-state index contributed by atoms with van der Waals surface area (Å²) in [6.45, 7) is 4.66. The number of hydrogen-bond donors (Lipinski definition) is 2. The van der Waals surface area contributed by atoms with Gasteiger partial charge in [0.05, 0.1) is 16.8 Å². The summed E-state index contributed by atoms with van der Waals surface area (Å²) in [5.41, 5.74) is 5.20. The highest BCUT2D eigenvalue weighted by Gasteiger charge is 2.12. The van der Waals surface area contributed by atoms with Crippen LogP contribution in [0.5, 0.6) is 5.75 Å². The zero-order chi connectivity index (χ0) is 23.5. The number of nitrogens with one attached hydrogen (secondary N) is 2. The van der Waals surface area contributed by atoms with Crippen LogP contribution in [0.4, 0.5) is 16.5 Å². The lowest BCUT2D eigenvalue weighted by molar-refractivity contribution is 0.102. The molecule has 0 saturated carbocycles. The predicted molar refractivity (Wildman–Crippen MR) is 141 cm³/mol. The van der Waals surface area contributed by atoms with Crippen LogP contribution < -0.4 is 15.4 Å². The van der Waals surface area contributed by atoms with Crippen molar-refractivity contribution in [2.45, 2.75) is 13.8 Å². The molecule has 0 aliphatic rings. The molecule has 170 valence electrons. The lowest BCUT2D eigenvalue weighted by Gasteiger charge is -2.06. The second-order valence-corrected chi connectivity index (χ2v) is 9.53. The van der Waals surface area contributed by atoms with Gasteiger partial charge in [-0.05, 0) is 80.1 Å². The quantitative estimate of drug-likeness (QED) is 0.256. The molecular formula is C26H22N4O2S2. The van der Waals surface area contributed by atoms with Gasteiger partial charge in [-0.15, -0.1) is 22.7 Å². The van der Waals surface area contributed by atoms with E-state index in [4.69, 9.17) is 9.72 Å². The third-order valence-corrected chi connectivity index (χ3v) is 6.91. The molecule has 2 N–H and O–H groups in total. The Kier molecular flexibility index (Phi) is 6.24. The van der Waals surface area contributed by atoms with Crippen LogP contribution in [0.1, 0.15) is 23.0 Å². The topological polar surface area (TPSA) is 76.1 Å². The van der Waals surface area contributed by atoms with Gasteiger partial charge in [-0.25, -0.2) is 9.97 Å². The number of rotatable bonds is 7. The van der Waals surface area contributed by atoms with Gasteiger partial charge in [0.25, 0.3) is 5.91 Å². The number of ether oxygens (including phenoxy) is 1. The van der Waals surface area contributed by atoms with Crippen LogP contribution >= 0.6 is 22.7 Å². The summed E-state index contributed by atoms with van der Waals surface area (Å²) in [6.07, 6.45) is 0. The van der Waals surface area contributed by atoms with E-state index in [1.165, 1.54) is 21.6 Å². The number of amides is 1. The van der Waals surface area contributed by atoms with E-state index in [-0.39, 0.29) is 5.91 Å². The average molecular weight is 487 g/mol. The molecule has 2 aromatic heterocycles. The fourth-order valence-corrected chi connectivity index (χ4v) is 5.19. The first-order chi connectivity index (χ1) is 16.6. The number of fused-ring (bicyclic) bond motifs is 1. The van der Waals surface area contributed by atoms with Crippen LogP contribution in [0.25, 0.3) is 20.8 Å². The number of carbonyl (C=O) groups is 1. The number of hydrogen-bond acceptors (Lipinski definition) is 7. The van der Waals surface area contributed by atoms with E-state index >= 15 is 0 Å². The molecule has 1 amide bonds. The summed E-state index contributed by atoms with van der Waals surface area (Å²) in [7, 11) is 0. The predicted octanol–water partition coefficient (Wildman–Crippen LogP) is 7.12. The number of aryl methyl sites for hydroxylation is 1. The van der Waals surface area contributed by atoms with Gasteiger partial charge in [-0.3, -0.25) is 4.79 Å². The first-order valence-corrected chi connectivity index (χ1v) is 12.5. The van der Waals surface area contributed by atoms with Crippen molar-refractivity contribution in [2.75, 3.05) is 17.2 Å². The highest BCUT2D eigenvalue weighted by atomic mass is 32.1. The van der Waals surface area contributed by atoms with E-state index in [0.717, 1.165) is 27.5 Å². The molecule has 0 spiro atoms. The van der Waals surface area contributed by atoms with Crippen LogP contribution in [0, 0.1) is 6.92 Å². The molecule has 5 aromatic rings. The summed E-state index contributed by atoms with van der Waals surface area (Å²) in [6, 6.07) is 21.6. The molecule has 8 heteroatoms. The van der Waals surface area contributed by atoms with Crippen LogP contribution in [0.2, 0.25) is 0 Å². The standard InChI is InChI=1S/C26H22N4O2S2/c1-3-32-20-11-9-19(10-12-20)28-26-30-22(15-33-26)24(31)27-18-7-5-17(6-8-18)25-29-21-13-4-16(2)14-23(21)34-25/h4-15H,3H2,1-2H3,(H,27,31)(H,28,30). The van der Waals surface area contributed by atoms with Gasteiger partial charge in [0, 0.05) is 22.3 Å². The second-order valence-electron chi connectivity index (χ2n) is 7.64. The van der Waals surface area contributed by atoms with Gasteiger partial charge in [-0.2, -0.15) is 0 Å². The molecule has 0 unspecified atom stereocenters. The summed E-state index contributed by atoms with van der Waals surface area (Å²) in [5, 5.41) is 9.48. The smallest absolute Gasteiger partial charge is 0.275 e. The molecule has 5 rings (SSSR count). The third kappa shape index (κ3) is 4.93.